The van der Waals surface area contributed by atoms with Crippen molar-refractivity contribution in [1.29, 1.82) is 0 Å². The van der Waals surface area contributed by atoms with Crippen LogP contribution >= 0.6 is 0 Å². The fraction of sp³-hybridized carbons (Fsp3) is 0.385. The van der Waals surface area contributed by atoms with Gasteiger partial charge in [0.1, 0.15) is 5.82 Å². The number of hydrogen-bond acceptors (Lipinski definition) is 1. The van der Waals surface area contributed by atoms with Crippen molar-refractivity contribution in [3.05, 3.63) is 35.8 Å². The second-order valence-electron chi connectivity index (χ2n) is 4.26. The van der Waals surface area contributed by atoms with E-state index < -0.39 is 0 Å². The van der Waals surface area contributed by atoms with Crippen LogP contribution in [0.2, 0.25) is 0 Å². The lowest BCUT2D eigenvalue weighted by atomic mass is 10.2. The smallest absolute Gasteiger partial charge is 0.123 e. The maximum absolute atomic E-state index is 13.1. The average Bonchev–Trinajstić information content (AvgIpc) is 2.52. The van der Waals surface area contributed by atoms with Gasteiger partial charge in [-0.25, -0.2) is 4.39 Å². The molecule has 0 bridgehead atoms. The average molecular weight is 221 g/mol. The quantitative estimate of drug-likeness (QED) is 0.776. The molecule has 0 amide bonds. The van der Waals surface area contributed by atoms with Gasteiger partial charge in [0.25, 0.3) is 0 Å². The minimum atomic E-state index is -0.200. The summed E-state index contributed by atoms with van der Waals surface area (Å²) in [5, 5.41) is 0.921. The molecule has 2 nitrogen and oxygen atoms in total. The van der Waals surface area contributed by atoms with Crippen LogP contribution in [0.4, 0.5) is 4.39 Å². The Bertz CT molecular complexity index is 502. The van der Waals surface area contributed by atoms with Crippen LogP contribution in [0.5, 0.6) is 0 Å². The van der Waals surface area contributed by atoms with Crippen LogP contribution in [0.1, 0.15) is 19.5 Å². The van der Waals surface area contributed by atoms with Crippen molar-refractivity contribution in [3.8, 4) is 0 Å². The number of ether oxygens (including phenoxy) is 1. The predicted molar refractivity (Wildman–Crippen MR) is 62.8 cm³/mol. The normalized spacial score (nSPS) is 11.6. The topological polar surface area (TPSA) is 14.2 Å². The Morgan fingerprint density at radius 1 is 1.31 bits per heavy atom. The van der Waals surface area contributed by atoms with E-state index in [1.54, 1.807) is 12.1 Å². The zero-order chi connectivity index (χ0) is 11.7. The summed E-state index contributed by atoms with van der Waals surface area (Å²) in [6, 6.07) is 6.80. The van der Waals surface area contributed by atoms with E-state index in [0.29, 0.717) is 6.61 Å². The van der Waals surface area contributed by atoms with E-state index in [4.69, 9.17) is 4.74 Å². The van der Waals surface area contributed by atoms with Crippen molar-refractivity contribution in [3.63, 3.8) is 0 Å². The lowest BCUT2D eigenvalue weighted by molar-refractivity contribution is 0.0624. The van der Waals surface area contributed by atoms with Gasteiger partial charge in [-0.05, 0) is 38.1 Å². The molecule has 0 aliphatic rings. The van der Waals surface area contributed by atoms with Gasteiger partial charge in [-0.2, -0.15) is 0 Å². The Morgan fingerprint density at radius 2 is 2.06 bits per heavy atom. The first-order valence-electron chi connectivity index (χ1n) is 5.43. The van der Waals surface area contributed by atoms with Gasteiger partial charge in [0.15, 0.2) is 0 Å². The van der Waals surface area contributed by atoms with E-state index in [1.165, 1.54) is 6.07 Å². The van der Waals surface area contributed by atoms with E-state index in [1.807, 2.05) is 31.5 Å². The number of benzene rings is 1. The summed E-state index contributed by atoms with van der Waals surface area (Å²) in [6.07, 6.45) is 0.203. The third kappa shape index (κ3) is 2.09. The lowest BCUT2D eigenvalue weighted by Crippen LogP contribution is -2.05. The molecule has 2 aromatic rings. The Labute approximate surface area is 94.6 Å². The SMILES string of the molecule is CC(C)OCc1cc2cc(F)ccc2n1C. The van der Waals surface area contributed by atoms with Gasteiger partial charge in [-0.3, -0.25) is 0 Å². The Hall–Kier alpha value is -1.35. The summed E-state index contributed by atoms with van der Waals surface area (Å²) in [4.78, 5) is 0. The van der Waals surface area contributed by atoms with Crippen molar-refractivity contribution in [2.45, 2.75) is 26.6 Å². The monoisotopic (exact) mass is 221 g/mol. The van der Waals surface area contributed by atoms with Crippen molar-refractivity contribution < 1.29 is 9.13 Å². The molecule has 0 radical (unpaired) electrons. The summed E-state index contributed by atoms with van der Waals surface area (Å²) in [5.41, 5.74) is 2.10. The molecule has 2 rings (SSSR count). The number of hydrogen-bond donors (Lipinski definition) is 0. The first-order valence-corrected chi connectivity index (χ1v) is 5.43. The minimum Gasteiger partial charge on any atom is -0.373 e. The fourth-order valence-electron chi connectivity index (χ4n) is 1.77. The highest BCUT2D eigenvalue weighted by Gasteiger charge is 2.07. The fourth-order valence-corrected chi connectivity index (χ4v) is 1.77. The van der Waals surface area contributed by atoms with Gasteiger partial charge in [0.2, 0.25) is 0 Å². The maximum Gasteiger partial charge on any atom is 0.123 e. The second kappa shape index (κ2) is 4.26. The zero-order valence-corrected chi connectivity index (χ0v) is 9.83. The van der Waals surface area contributed by atoms with Gasteiger partial charge in [-0.1, -0.05) is 0 Å². The van der Waals surface area contributed by atoms with Crippen LogP contribution in [-0.2, 0) is 18.4 Å². The lowest BCUT2D eigenvalue weighted by Gasteiger charge is -2.08. The molecule has 0 N–H and O–H groups in total. The molecule has 1 aromatic heterocycles. The molecule has 86 valence electrons. The van der Waals surface area contributed by atoms with Crippen molar-refractivity contribution in [2.75, 3.05) is 0 Å². The van der Waals surface area contributed by atoms with E-state index in [0.717, 1.165) is 16.6 Å². The number of rotatable bonds is 3. The van der Waals surface area contributed by atoms with Gasteiger partial charge >= 0.3 is 0 Å². The first-order chi connectivity index (χ1) is 7.58. The molecule has 0 fully saturated rings. The molecule has 16 heavy (non-hydrogen) atoms. The van der Waals surface area contributed by atoms with E-state index in [-0.39, 0.29) is 11.9 Å². The summed E-state index contributed by atoms with van der Waals surface area (Å²) in [5.74, 6) is -0.200. The van der Waals surface area contributed by atoms with Gasteiger partial charge in [0.05, 0.1) is 12.7 Å². The number of fused-ring (bicyclic) bond motifs is 1. The maximum atomic E-state index is 13.1. The number of halogens is 1. The van der Waals surface area contributed by atoms with Crippen molar-refractivity contribution in [1.82, 2.24) is 4.57 Å². The second-order valence-corrected chi connectivity index (χ2v) is 4.26. The molecule has 0 atom stereocenters. The van der Waals surface area contributed by atoms with Crippen molar-refractivity contribution >= 4 is 10.9 Å². The third-order valence-electron chi connectivity index (χ3n) is 2.67. The highest BCUT2D eigenvalue weighted by atomic mass is 19.1. The van der Waals surface area contributed by atoms with E-state index in [2.05, 4.69) is 0 Å². The van der Waals surface area contributed by atoms with E-state index >= 15 is 0 Å². The molecule has 0 aliphatic carbocycles. The molecule has 0 saturated carbocycles. The standard InChI is InChI=1S/C13H16FNO/c1-9(2)16-8-12-7-10-6-11(14)4-5-13(10)15(12)3/h4-7,9H,8H2,1-3H3. The first kappa shape index (κ1) is 11.1. The summed E-state index contributed by atoms with van der Waals surface area (Å²) in [6.45, 7) is 4.56. The van der Waals surface area contributed by atoms with Crippen LogP contribution in [0.3, 0.4) is 0 Å². The van der Waals surface area contributed by atoms with Crippen LogP contribution in [-0.4, -0.2) is 10.7 Å². The van der Waals surface area contributed by atoms with Crippen LogP contribution in [0.25, 0.3) is 10.9 Å². The van der Waals surface area contributed by atoms with Gasteiger partial charge in [0, 0.05) is 23.6 Å². The number of aryl methyl sites for hydroxylation is 1. The molecule has 3 heteroatoms. The van der Waals surface area contributed by atoms with Crippen LogP contribution in [0, 0.1) is 5.82 Å². The Kier molecular flexibility index (Phi) is 2.97. The van der Waals surface area contributed by atoms with Crippen LogP contribution in [0.15, 0.2) is 24.3 Å². The molecule has 0 spiro atoms. The largest absolute Gasteiger partial charge is 0.373 e. The Balaban J connectivity index is 2.36. The van der Waals surface area contributed by atoms with Crippen LogP contribution < -0.4 is 0 Å². The zero-order valence-electron chi connectivity index (χ0n) is 9.83. The molecular weight excluding hydrogens is 205 g/mol. The number of nitrogens with zero attached hydrogens (tertiary/aromatic N) is 1. The summed E-state index contributed by atoms with van der Waals surface area (Å²) >= 11 is 0. The molecular formula is C13H16FNO. The Morgan fingerprint density at radius 3 is 2.75 bits per heavy atom. The number of aromatic nitrogens is 1. The molecule has 1 heterocycles. The predicted octanol–water partition coefficient (Wildman–Crippen LogP) is 3.24. The minimum absolute atomic E-state index is 0.200. The summed E-state index contributed by atoms with van der Waals surface area (Å²) < 4.78 is 20.6. The highest BCUT2D eigenvalue weighted by molar-refractivity contribution is 5.81. The molecule has 1 aromatic carbocycles. The van der Waals surface area contributed by atoms with E-state index in [9.17, 15) is 4.39 Å². The van der Waals surface area contributed by atoms with Crippen molar-refractivity contribution in [2.24, 2.45) is 7.05 Å². The molecule has 0 saturated heterocycles. The van der Waals surface area contributed by atoms with Gasteiger partial charge in [-0.15, -0.1) is 0 Å². The highest BCUT2D eigenvalue weighted by Crippen LogP contribution is 2.20. The molecule has 0 unspecified atom stereocenters. The molecule has 0 aliphatic heterocycles. The summed E-state index contributed by atoms with van der Waals surface area (Å²) in [7, 11) is 1.97. The third-order valence-corrected chi connectivity index (χ3v) is 2.67. The van der Waals surface area contributed by atoms with Gasteiger partial charge < -0.3 is 9.30 Å².